The van der Waals surface area contributed by atoms with Crippen molar-refractivity contribution < 1.29 is 13.2 Å². The summed E-state index contributed by atoms with van der Waals surface area (Å²) in [7, 11) is 0.383. The van der Waals surface area contributed by atoms with Gasteiger partial charge in [0.15, 0.2) is 0 Å². The molecule has 1 unspecified atom stereocenters. The fourth-order valence-corrected chi connectivity index (χ4v) is 3.48. The molecule has 96 valence electrons. The number of rotatable bonds is 6. The summed E-state index contributed by atoms with van der Waals surface area (Å²) in [6.45, 7) is 1.89. The van der Waals surface area contributed by atoms with Crippen molar-refractivity contribution in [2.75, 3.05) is 39.5 Å². The molecule has 0 aliphatic carbocycles. The van der Waals surface area contributed by atoms with Gasteiger partial charge in [-0.2, -0.15) is 4.31 Å². The summed E-state index contributed by atoms with van der Waals surface area (Å²) in [6, 6.07) is 0. The molecular formula is C10H22N2O3S. The Morgan fingerprint density at radius 2 is 2.25 bits per heavy atom. The standard InChI is InChI=1S/C10H22N2O3S/c1-11-6-4-8-16(13,14)12-7-3-5-10(9-12)15-2/h10-11H,3-9H2,1-2H3. The van der Waals surface area contributed by atoms with Crippen LogP contribution in [0.3, 0.4) is 0 Å². The highest BCUT2D eigenvalue weighted by molar-refractivity contribution is 7.89. The molecule has 0 amide bonds. The van der Waals surface area contributed by atoms with Gasteiger partial charge in [0.05, 0.1) is 11.9 Å². The van der Waals surface area contributed by atoms with E-state index in [1.807, 2.05) is 7.05 Å². The number of methoxy groups -OCH3 is 1. The van der Waals surface area contributed by atoms with E-state index in [1.165, 1.54) is 0 Å². The van der Waals surface area contributed by atoms with Gasteiger partial charge in [0.1, 0.15) is 0 Å². The van der Waals surface area contributed by atoms with Crippen molar-refractivity contribution in [1.29, 1.82) is 0 Å². The van der Waals surface area contributed by atoms with Gasteiger partial charge in [0.25, 0.3) is 0 Å². The fraction of sp³-hybridized carbons (Fsp3) is 1.00. The Kier molecular flexibility index (Phi) is 5.68. The zero-order valence-corrected chi connectivity index (χ0v) is 10.9. The third kappa shape index (κ3) is 4.01. The lowest BCUT2D eigenvalue weighted by molar-refractivity contribution is 0.0572. The van der Waals surface area contributed by atoms with E-state index in [1.54, 1.807) is 11.4 Å². The topological polar surface area (TPSA) is 58.6 Å². The van der Waals surface area contributed by atoms with E-state index in [4.69, 9.17) is 4.74 Å². The SMILES string of the molecule is CNCCCS(=O)(=O)N1CCCC(OC)C1. The van der Waals surface area contributed by atoms with Gasteiger partial charge in [-0.15, -0.1) is 0 Å². The minimum absolute atomic E-state index is 0.0628. The summed E-state index contributed by atoms with van der Waals surface area (Å²) in [5.41, 5.74) is 0. The van der Waals surface area contributed by atoms with Crippen molar-refractivity contribution in [3.8, 4) is 0 Å². The molecule has 0 aromatic rings. The minimum atomic E-state index is -3.09. The number of nitrogens with zero attached hydrogens (tertiary/aromatic N) is 1. The van der Waals surface area contributed by atoms with Crippen molar-refractivity contribution in [3.05, 3.63) is 0 Å². The molecule has 0 aromatic carbocycles. The summed E-state index contributed by atoms with van der Waals surface area (Å²) in [6.07, 6.45) is 2.57. The van der Waals surface area contributed by atoms with Crippen LogP contribution >= 0.6 is 0 Å². The number of piperidine rings is 1. The molecule has 5 nitrogen and oxygen atoms in total. The second kappa shape index (κ2) is 6.54. The molecule has 1 aliphatic heterocycles. The molecule has 1 fully saturated rings. The monoisotopic (exact) mass is 250 g/mol. The zero-order valence-electron chi connectivity index (χ0n) is 10.1. The quantitative estimate of drug-likeness (QED) is 0.676. The van der Waals surface area contributed by atoms with Crippen molar-refractivity contribution >= 4 is 10.0 Å². The molecule has 1 aliphatic rings. The van der Waals surface area contributed by atoms with Gasteiger partial charge in [0.2, 0.25) is 10.0 Å². The van der Waals surface area contributed by atoms with E-state index in [0.717, 1.165) is 19.4 Å². The smallest absolute Gasteiger partial charge is 0.214 e. The molecule has 0 saturated carbocycles. The maximum absolute atomic E-state index is 12.0. The first-order valence-corrected chi connectivity index (χ1v) is 7.36. The van der Waals surface area contributed by atoms with E-state index in [-0.39, 0.29) is 11.9 Å². The van der Waals surface area contributed by atoms with Crippen LogP contribution in [0.25, 0.3) is 0 Å². The largest absolute Gasteiger partial charge is 0.380 e. The number of sulfonamides is 1. The normalized spacial score (nSPS) is 23.5. The zero-order chi connectivity index (χ0) is 12.0. The fourth-order valence-electron chi connectivity index (χ4n) is 1.91. The molecule has 1 N–H and O–H groups in total. The van der Waals surface area contributed by atoms with E-state index in [2.05, 4.69) is 5.32 Å². The molecule has 1 saturated heterocycles. The average Bonchev–Trinajstić information content (AvgIpc) is 2.29. The Morgan fingerprint density at radius 1 is 1.50 bits per heavy atom. The molecule has 1 heterocycles. The second-order valence-electron chi connectivity index (χ2n) is 4.13. The van der Waals surface area contributed by atoms with E-state index in [0.29, 0.717) is 19.5 Å². The van der Waals surface area contributed by atoms with Gasteiger partial charge in [0, 0.05) is 20.2 Å². The number of hydrogen-bond acceptors (Lipinski definition) is 4. The summed E-state index contributed by atoms with van der Waals surface area (Å²) < 4.78 is 30.7. The maximum atomic E-state index is 12.0. The number of nitrogens with one attached hydrogen (secondary N) is 1. The van der Waals surface area contributed by atoms with Gasteiger partial charge >= 0.3 is 0 Å². The highest BCUT2D eigenvalue weighted by Crippen LogP contribution is 2.16. The average molecular weight is 250 g/mol. The first-order chi connectivity index (χ1) is 7.60. The minimum Gasteiger partial charge on any atom is -0.380 e. The highest BCUT2D eigenvalue weighted by Gasteiger charge is 2.28. The van der Waals surface area contributed by atoms with Gasteiger partial charge < -0.3 is 10.1 Å². The van der Waals surface area contributed by atoms with Crippen molar-refractivity contribution in [1.82, 2.24) is 9.62 Å². The molecule has 1 atom stereocenters. The Bertz CT molecular complexity index is 292. The van der Waals surface area contributed by atoms with E-state index < -0.39 is 10.0 Å². The first-order valence-electron chi connectivity index (χ1n) is 5.75. The lowest BCUT2D eigenvalue weighted by Gasteiger charge is -2.31. The Balaban J connectivity index is 2.47. The van der Waals surface area contributed by atoms with Crippen LogP contribution < -0.4 is 5.32 Å². The molecule has 0 radical (unpaired) electrons. The summed E-state index contributed by atoms with van der Waals surface area (Å²) in [5.74, 6) is 0.226. The van der Waals surface area contributed by atoms with Crippen molar-refractivity contribution in [2.45, 2.75) is 25.4 Å². The van der Waals surface area contributed by atoms with Crippen LogP contribution in [0.1, 0.15) is 19.3 Å². The molecular weight excluding hydrogens is 228 g/mol. The highest BCUT2D eigenvalue weighted by atomic mass is 32.2. The third-order valence-electron chi connectivity index (χ3n) is 2.90. The van der Waals surface area contributed by atoms with E-state index >= 15 is 0 Å². The second-order valence-corrected chi connectivity index (χ2v) is 6.22. The maximum Gasteiger partial charge on any atom is 0.214 e. The number of ether oxygens (including phenoxy) is 1. The molecule has 0 bridgehead atoms. The Hall–Kier alpha value is -0.170. The first kappa shape index (κ1) is 13.9. The van der Waals surface area contributed by atoms with Gasteiger partial charge in [-0.3, -0.25) is 0 Å². The molecule has 6 heteroatoms. The number of hydrogen-bond donors (Lipinski definition) is 1. The van der Waals surface area contributed by atoms with Crippen LogP contribution in [0.15, 0.2) is 0 Å². The Labute approximate surface area is 98.2 Å². The molecule has 0 spiro atoms. The lowest BCUT2D eigenvalue weighted by Crippen LogP contribution is -2.44. The van der Waals surface area contributed by atoms with Gasteiger partial charge in [-0.05, 0) is 32.9 Å². The van der Waals surface area contributed by atoms with Crippen LogP contribution in [0, 0.1) is 0 Å². The summed E-state index contributed by atoms with van der Waals surface area (Å²) in [4.78, 5) is 0. The van der Waals surface area contributed by atoms with Gasteiger partial charge in [-0.25, -0.2) is 8.42 Å². The molecule has 1 rings (SSSR count). The Morgan fingerprint density at radius 3 is 2.88 bits per heavy atom. The van der Waals surface area contributed by atoms with Crippen LogP contribution in [0.4, 0.5) is 0 Å². The van der Waals surface area contributed by atoms with Crippen LogP contribution in [-0.2, 0) is 14.8 Å². The summed E-state index contributed by atoms with van der Waals surface area (Å²) in [5, 5.41) is 2.96. The molecule has 0 aromatic heterocycles. The van der Waals surface area contributed by atoms with Crippen LogP contribution in [0.5, 0.6) is 0 Å². The predicted molar refractivity (Wildman–Crippen MR) is 63.9 cm³/mol. The third-order valence-corrected chi connectivity index (χ3v) is 4.82. The molecule has 16 heavy (non-hydrogen) atoms. The predicted octanol–water partition coefficient (Wildman–Crippen LogP) is 0.0365. The van der Waals surface area contributed by atoms with Crippen LogP contribution in [0.2, 0.25) is 0 Å². The van der Waals surface area contributed by atoms with Gasteiger partial charge in [-0.1, -0.05) is 0 Å². The lowest BCUT2D eigenvalue weighted by atomic mass is 10.1. The van der Waals surface area contributed by atoms with Crippen molar-refractivity contribution in [3.63, 3.8) is 0 Å². The summed E-state index contributed by atoms with van der Waals surface area (Å²) >= 11 is 0. The van der Waals surface area contributed by atoms with Crippen LogP contribution in [-0.4, -0.2) is 58.4 Å². The van der Waals surface area contributed by atoms with Crippen molar-refractivity contribution in [2.24, 2.45) is 0 Å². The van der Waals surface area contributed by atoms with E-state index in [9.17, 15) is 8.42 Å².